The van der Waals surface area contributed by atoms with Crippen molar-refractivity contribution in [2.75, 3.05) is 13.1 Å². The second-order valence-corrected chi connectivity index (χ2v) is 8.12. The summed E-state index contributed by atoms with van der Waals surface area (Å²) in [4.78, 5) is 15.1. The van der Waals surface area contributed by atoms with Gasteiger partial charge in [-0.1, -0.05) is 41.9 Å². The summed E-state index contributed by atoms with van der Waals surface area (Å²) in [5.41, 5.74) is 7.06. The van der Waals surface area contributed by atoms with Crippen LogP contribution in [-0.4, -0.2) is 29.9 Å². The number of carbonyl (C=O) groups excluding carboxylic acids is 1. The van der Waals surface area contributed by atoms with Gasteiger partial charge in [0.2, 0.25) is 5.91 Å². The maximum Gasteiger partial charge on any atom is 0.233 e. The van der Waals surface area contributed by atoms with Crippen LogP contribution in [-0.2, 0) is 10.2 Å². The third-order valence-corrected chi connectivity index (χ3v) is 5.63. The third kappa shape index (κ3) is 2.64. The van der Waals surface area contributed by atoms with Gasteiger partial charge in [0.1, 0.15) is 0 Å². The fourth-order valence-electron chi connectivity index (χ4n) is 3.39. The minimum Gasteiger partial charge on any atom is -0.341 e. The van der Waals surface area contributed by atoms with Crippen LogP contribution in [0.4, 0.5) is 0 Å². The molecule has 2 fully saturated rings. The van der Waals surface area contributed by atoms with Gasteiger partial charge in [0.15, 0.2) is 0 Å². The molecule has 4 heteroatoms. The predicted molar refractivity (Wildman–Crippen MR) is 88.0 cm³/mol. The van der Waals surface area contributed by atoms with E-state index in [1.54, 1.807) is 0 Å². The predicted octanol–water partition coefficient (Wildman–Crippen LogP) is 3.07. The van der Waals surface area contributed by atoms with E-state index in [9.17, 15) is 4.79 Å². The lowest BCUT2D eigenvalue weighted by molar-refractivity contribution is -0.137. The van der Waals surface area contributed by atoms with Gasteiger partial charge in [-0.25, -0.2) is 0 Å². The lowest BCUT2D eigenvalue weighted by atomic mass is 9.79. The summed E-state index contributed by atoms with van der Waals surface area (Å²) in [5, 5.41) is 0. The number of nitrogens with zero attached hydrogens (tertiary/aromatic N) is 1. The number of nitrogens with two attached hydrogens (primary N) is 1. The summed E-state index contributed by atoms with van der Waals surface area (Å²) >= 11 is 3.51. The van der Waals surface area contributed by atoms with Crippen molar-refractivity contribution in [3.63, 3.8) is 0 Å². The van der Waals surface area contributed by atoms with Gasteiger partial charge in [0.25, 0.3) is 0 Å². The summed E-state index contributed by atoms with van der Waals surface area (Å²) < 4.78 is 1.04. The topological polar surface area (TPSA) is 46.3 Å². The Hall–Kier alpha value is -0.870. The Kier molecular flexibility index (Phi) is 3.65. The van der Waals surface area contributed by atoms with Crippen LogP contribution >= 0.6 is 15.9 Å². The molecular weight excluding hydrogens is 328 g/mol. The molecule has 3 rings (SSSR count). The van der Waals surface area contributed by atoms with Crippen LogP contribution in [0.3, 0.4) is 0 Å². The van der Waals surface area contributed by atoms with E-state index in [-0.39, 0.29) is 16.9 Å². The van der Waals surface area contributed by atoms with Crippen LogP contribution in [0.1, 0.15) is 38.7 Å². The molecule has 1 aliphatic heterocycles. The first-order chi connectivity index (χ1) is 9.85. The Labute approximate surface area is 135 Å². The quantitative estimate of drug-likeness (QED) is 0.890. The van der Waals surface area contributed by atoms with Crippen molar-refractivity contribution in [2.45, 2.75) is 44.6 Å². The SMILES string of the molecule is CC1(C)CN(C(=O)C2(c3cccc(Br)c3)CC2)CCC1N. The Morgan fingerprint density at radius 3 is 2.67 bits per heavy atom. The molecule has 114 valence electrons. The molecule has 1 atom stereocenters. The highest BCUT2D eigenvalue weighted by Crippen LogP contribution is 2.50. The van der Waals surface area contributed by atoms with E-state index < -0.39 is 0 Å². The largest absolute Gasteiger partial charge is 0.341 e. The van der Waals surface area contributed by atoms with Crippen LogP contribution in [0.5, 0.6) is 0 Å². The van der Waals surface area contributed by atoms with E-state index >= 15 is 0 Å². The molecule has 1 saturated carbocycles. The standard InChI is InChI=1S/C17H23BrN2O/c1-16(2)11-20(9-6-14(16)19)15(21)17(7-8-17)12-4-3-5-13(18)10-12/h3-5,10,14H,6-9,11,19H2,1-2H3. The molecule has 1 aromatic rings. The van der Waals surface area contributed by atoms with E-state index in [1.165, 1.54) is 0 Å². The molecule has 0 bridgehead atoms. The molecule has 1 aromatic carbocycles. The maximum atomic E-state index is 13.1. The molecule has 1 saturated heterocycles. The highest BCUT2D eigenvalue weighted by atomic mass is 79.9. The summed E-state index contributed by atoms with van der Waals surface area (Å²) in [6.07, 6.45) is 2.82. The summed E-state index contributed by atoms with van der Waals surface area (Å²) in [6.45, 7) is 5.88. The lowest BCUT2D eigenvalue weighted by Crippen LogP contribution is -2.55. The normalized spacial score (nSPS) is 26.5. The Morgan fingerprint density at radius 1 is 1.38 bits per heavy atom. The van der Waals surface area contributed by atoms with Crippen LogP contribution in [0, 0.1) is 5.41 Å². The van der Waals surface area contributed by atoms with Crippen molar-refractivity contribution in [1.82, 2.24) is 4.90 Å². The van der Waals surface area contributed by atoms with Gasteiger partial charge in [-0.05, 0) is 42.4 Å². The Bertz CT molecular complexity index is 566. The molecule has 2 aliphatic rings. The van der Waals surface area contributed by atoms with Gasteiger partial charge in [-0.15, -0.1) is 0 Å². The molecule has 1 aliphatic carbocycles. The first-order valence-electron chi connectivity index (χ1n) is 7.66. The highest BCUT2D eigenvalue weighted by molar-refractivity contribution is 9.10. The molecule has 0 radical (unpaired) electrons. The van der Waals surface area contributed by atoms with Crippen LogP contribution in [0.15, 0.2) is 28.7 Å². The number of hydrogen-bond donors (Lipinski definition) is 1. The van der Waals surface area contributed by atoms with E-state index in [1.807, 2.05) is 17.0 Å². The third-order valence-electron chi connectivity index (χ3n) is 5.14. The number of piperidine rings is 1. The number of likely N-dealkylation sites (tertiary alicyclic amines) is 1. The average Bonchev–Trinajstić information content (AvgIpc) is 3.22. The van der Waals surface area contributed by atoms with Gasteiger partial charge in [-0.2, -0.15) is 0 Å². The number of hydrogen-bond acceptors (Lipinski definition) is 2. The van der Waals surface area contributed by atoms with Crippen molar-refractivity contribution in [3.8, 4) is 0 Å². The fraction of sp³-hybridized carbons (Fsp3) is 0.588. The first kappa shape index (κ1) is 15.0. The van der Waals surface area contributed by atoms with Gasteiger partial charge < -0.3 is 10.6 Å². The van der Waals surface area contributed by atoms with Crippen LogP contribution < -0.4 is 5.73 Å². The van der Waals surface area contributed by atoms with Crippen molar-refractivity contribution >= 4 is 21.8 Å². The van der Waals surface area contributed by atoms with Gasteiger partial charge in [-0.3, -0.25) is 4.79 Å². The van der Waals surface area contributed by atoms with Crippen molar-refractivity contribution < 1.29 is 4.79 Å². The van der Waals surface area contributed by atoms with Crippen LogP contribution in [0.25, 0.3) is 0 Å². The first-order valence-corrected chi connectivity index (χ1v) is 8.45. The minimum absolute atomic E-state index is 0.00125. The van der Waals surface area contributed by atoms with E-state index in [4.69, 9.17) is 5.73 Å². The average molecular weight is 351 g/mol. The maximum absolute atomic E-state index is 13.1. The van der Waals surface area contributed by atoms with Crippen molar-refractivity contribution in [3.05, 3.63) is 34.3 Å². The number of benzene rings is 1. The fourth-order valence-corrected chi connectivity index (χ4v) is 3.79. The summed E-state index contributed by atoms with van der Waals surface area (Å²) in [6, 6.07) is 8.38. The van der Waals surface area contributed by atoms with Crippen molar-refractivity contribution in [2.24, 2.45) is 11.1 Å². The molecular formula is C17H23BrN2O. The second-order valence-electron chi connectivity index (χ2n) is 7.20. The molecule has 0 spiro atoms. The highest BCUT2D eigenvalue weighted by Gasteiger charge is 2.54. The molecule has 2 N–H and O–H groups in total. The molecule has 1 amide bonds. The van der Waals surface area contributed by atoms with E-state index in [2.05, 4.69) is 41.9 Å². The zero-order valence-corrected chi connectivity index (χ0v) is 14.3. The lowest BCUT2D eigenvalue weighted by Gasteiger charge is -2.43. The zero-order chi connectivity index (χ0) is 15.3. The summed E-state index contributed by atoms with van der Waals surface area (Å²) in [7, 11) is 0. The molecule has 1 heterocycles. The Balaban J connectivity index is 1.82. The Morgan fingerprint density at radius 2 is 2.10 bits per heavy atom. The summed E-state index contributed by atoms with van der Waals surface area (Å²) in [5.74, 6) is 0.292. The second kappa shape index (κ2) is 5.10. The van der Waals surface area contributed by atoms with Gasteiger partial charge in [0, 0.05) is 23.6 Å². The number of amides is 1. The monoisotopic (exact) mass is 350 g/mol. The molecule has 1 unspecified atom stereocenters. The molecule has 3 nitrogen and oxygen atoms in total. The molecule has 0 aromatic heterocycles. The van der Waals surface area contributed by atoms with Gasteiger partial charge in [0.05, 0.1) is 5.41 Å². The smallest absolute Gasteiger partial charge is 0.233 e. The number of carbonyl (C=O) groups is 1. The number of rotatable bonds is 2. The number of halogens is 1. The molecule has 21 heavy (non-hydrogen) atoms. The van der Waals surface area contributed by atoms with Crippen LogP contribution in [0.2, 0.25) is 0 Å². The minimum atomic E-state index is -0.276. The van der Waals surface area contributed by atoms with E-state index in [0.29, 0.717) is 5.91 Å². The van der Waals surface area contributed by atoms with Crippen molar-refractivity contribution in [1.29, 1.82) is 0 Å². The zero-order valence-electron chi connectivity index (χ0n) is 12.7. The van der Waals surface area contributed by atoms with E-state index in [0.717, 1.165) is 42.4 Å². The van der Waals surface area contributed by atoms with Gasteiger partial charge >= 0.3 is 0 Å².